The molecule has 1 unspecified atom stereocenters. The fourth-order valence-electron chi connectivity index (χ4n) is 4.46. The highest BCUT2D eigenvalue weighted by atomic mass is 32.1. The Balaban J connectivity index is 1.70. The second kappa shape index (κ2) is 7.95. The lowest BCUT2D eigenvalue weighted by atomic mass is 9.64. The second-order valence-corrected chi connectivity index (χ2v) is 9.48. The molecule has 2 aromatic heterocycles. The molecule has 1 atom stereocenters. The molecule has 4 aromatic rings. The Morgan fingerprint density at radius 2 is 1.91 bits per heavy atom. The van der Waals surface area contributed by atoms with Crippen molar-refractivity contribution in [1.29, 1.82) is 0 Å². The standard InChI is InChI=1S/C24H25N3O4S/c1-13-7-16(20-17(8-13)26-19(31-3)11-25-20)23-27-21-15(9-14(30-2)10-18(21)32-23)22(29)24(12-28)5-4-6-24/h7-11,22,28-29H,4-6,12H2,1-3H3. The molecule has 166 valence electrons. The molecule has 0 aliphatic heterocycles. The molecule has 1 saturated carbocycles. The summed E-state index contributed by atoms with van der Waals surface area (Å²) in [6.45, 7) is 1.96. The molecule has 5 rings (SSSR count). The molecule has 0 saturated heterocycles. The monoisotopic (exact) mass is 451 g/mol. The minimum atomic E-state index is -0.813. The van der Waals surface area contributed by atoms with Crippen LogP contribution in [-0.2, 0) is 0 Å². The third-order valence-corrected chi connectivity index (χ3v) is 7.52. The van der Waals surface area contributed by atoms with Crippen molar-refractivity contribution in [3.63, 3.8) is 0 Å². The first-order valence-electron chi connectivity index (χ1n) is 10.6. The van der Waals surface area contributed by atoms with Crippen molar-refractivity contribution >= 4 is 32.6 Å². The average molecular weight is 452 g/mol. The predicted octanol–water partition coefficient (Wildman–Crippen LogP) is 4.43. The summed E-state index contributed by atoms with van der Waals surface area (Å²) in [5, 5.41) is 22.1. The zero-order valence-electron chi connectivity index (χ0n) is 18.3. The second-order valence-electron chi connectivity index (χ2n) is 8.45. The highest BCUT2D eigenvalue weighted by Crippen LogP contribution is 2.52. The van der Waals surface area contributed by atoms with Gasteiger partial charge in [-0.1, -0.05) is 6.42 Å². The Morgan fingerprint density at radius 1 is 1.09 bits per heavy atom. The highest BCUT2D eigenvalue weighted by Gasteiger charge is 2.44. The number of methoxy groups -OCH3 is 2. The van der Waals surface area contributed by atoms with Crippen molar-refractivity contribution < 1.29 is 19.7 Å². The predicted molar refractivity (Wildman–Crippen MR) is 124 cm³/mol. The lowest BCUT2D eigenvalue weighted by Gasteiger charge is -2.44. The number of aliphatic hydroxyl groups is 2. The molecule has 2 N–H and O–H groups in total. The zero-order chi connectivity index (χ0) is 22.5. The van der Waals surface area contributed by atoms with Crippen molar-refractivity contribution in [2.75, 3.05) is 20.8 Å². The number of nitrogens with zero attached hydrogens (tertiary/aromatic N) is 3. The Bertz CT molecular complexity index is 1310. The van der Waals surface area contributed by atoms with Gasteiger partial charge in [-0.25, -0.2) is 15.0 Å². The molecule has 1 aliphatic carbocycles. The highest BCUT2D eigenvalue weighted by molar-refractivity contribution is 7.21. The lowest BCUT2D eigenvalue weighted by Crippen LogP contribution is -2.39. The summed E-state index contributed by atoms with van der Waals surface area (Å²) in [7, 11) is 3.18. The van der Waals surface area contributed by atoms with Crippen LogP contribution in [0.2, 0.25) is 0 Å². The SMILES string of the molecule is COc1cc(C(O)C2(CO)CCC2)c2nc(-c3cc(C)cc4nc(OC)cnc34)sc2c1. The van der Waals surface area contributed by atoms with Crippen LogP contribution in [0.3, 0.4) is 0 Å². The number of hydrogen-bond donors (Lipinski definition) is 2. The number of aryl methyl sites for hydroxylation is 1. The number of aromatic nitrogens is 3. The average Bonchev–Trinajstić information content (AvgIpc) is 3.20. The molecule has 8 heteroatoms. The minimum Gasteiger partial charge on any atom is -0.497 e. The van der Waals surface area contributed by atoms with Gasteiger partial charge in [0.25, 0.3) is 0 Å². The van der Waals surface area contributed by atoms with E-state index in [4.69, 9.17) is 14.5 Å². The molecule has 1 aliphatic rings. The van der Waals surface area contributed by atoms with E-state index in [0.29, 0.717) is 17.2 Å². The summed E-state index contributed by atoms with van der Waals surface area (Å²) >= 11 is 1.53. The smallest absolute Gasteiger partial charge is 0.232 e. The van der Waals surface area contributed by atoms with E-state index < -0.39 is 11.5 Å². The van der Waals surface area contributed by atoms with Gasteiger partial charge in [0, 0.05) is 16.5 Å². The number of ether oxygens (including phenoxy) is 2. The van der Waals surface area contributed by atoms with Crippen LogP contribution in [0.5, 0.6) is 11.6 Å². The van der Waals surface area contributed by atoms with Crippen molar-refractivity contribution in [1.82, 2.24) is 15.0 Å². The summed E-state index contributed by atoms with van der Waals surface area (Å²) in [6, 6.07) is 7.80. The zero-order valence-corrected chi connectivity index (χ0v) is 19.1. The van der Waals surface area contributed by atoms with Crippen LogP contribution in [0, 0.1) is 12.3 Å². The van der Waals surface area contributed by atoms with E-state index in [1.54, 1.807) is 20.4 Å². The maximum absolute atomic E-state index is 11.3. The topological polar surface area (TPSA) is 97.6 Å². The molecule has 7 nitrogen and oxygen atoms in total. The third kappa shape index (κ3) is 3.30. The van der Waals surface area contributed by atoms with E-state index in [1.807, 2.05) is 25.1 Å². The fourth-order valence-corrected chi connectivity index (χ4v) is 5.50. The van der Waals surface area contributed by atoms with Gasteiger partial charge >= 0.3 is 0 Å². The fraction of sp³-hybridized carbons (Fsp3) is 0.375. The van der Waals surface area contributed by atoms with Gasteiger partial charge in [0.05, 0.1) is 54.4 Å². The van der Waals surface area contributed by atoms with Gasteiger partial charge in [-0.15, -0.1) is 11.3 Å². The molecule has 0 amide bonds. The number of aliphatic hydroxyl groups excluding tert-OH is 2. The Labute approximate surface area is 189 Å². The molecular weight excluding hydrogens is 426 g/mol. The maximum Gasteiger partial charge on any atom is 0.232 e. The summed E-state index contributed by atoms with van der Waals surface area (Å²) in [5.41, 5.74) is 4.33. The van der Waals surface area contributed by atoms with Gasteiger partial charge in [0.1, 0.15) is 10.8 Å². The molecule has 1 fully saturated rings. The molecular formula is C24H25N3O4S. The van der Waals surface area contributed by atoms with E-state index in [9.17, 15) is 10.2 Å². The molecule has 0 radical (unpaired) electrons. The molecule has 2 aromatic carbocycles. The van der Waals surface area contributed by atoms with Crippen LogP contribution in [0.25, 0.3) is 31.8 Å². The van der Waals surface area contributed by atoms with Crippen LogP contribution in [0.1, 0.15) is 36.5 Å². The molecule has 32 heavy (non-hydrogen) atoms. The Morgan fingerprint density at radius 3 is 2.56 bits per heavy atom. The normalized spacial score (nSPS) is 16.2. The van der Waals surface area contributed by atoms with Crippen molar-refractivity contribution in [2.45, 2.75) is 32.3 Å². The van der Waals surface area contributed by atoms with Crippen LogP contribution >= 0.6 is 11.3 Å². The third-order valence-electron chi connectivity index (χ3n) is 6.48. The van der Waals surface area contributed by atoms with E-state index in [2.05, 4.69) is 16.0 Å². The minimum absolute atomic E-state index is 0.0518. The Hall–Kier alpha value is -2.81. The van der Waals surface area contributed by atoms with Crippen molar-refractivity contribution in [3.05, 3.63) is 41.6 Å². The summed E-state index contributed by atoms with van der Waals surface area (Å²) in [6.07, 6.45) is 3.38. The summed E-state index contributed by atoms with van der Waals surface area (Å²) in [5.74, 6) is 1.12. The molecule has 0 spiro atoms. The summed E-state index contributed by atoms with van der Waals surface area (Å²) < 4.78 is 11.7. The van der Waals surface area contributed by atoms with E-state index in [-0.39, 0.29) is 6.61 Å². The van der Waals surface area contributed by atoms with Crippen molar-refractivity contribution in [2.24, 2.45) is 5.41 Å². The van der Waals surface area contributed by atoms with E-state index in [1.165, 1.54) is 11.3 Å². The van der Waals surface area contributed by atoms with Crippen molar-refractivity contribution in [3.8, 4) is 22.2 Å². The van der Waals surface area contributed by atoms with Gasteiger partial charge in [-0.3, -0.25) is 0 Å². The quantitative estimate of drug-likeness (QED) is 0.448. The van der Waals surface area contributed by atoms with Gasteiger partial charge in [-0.2, -0.15) is 0 Å². The number of fused-ring (bicyclic) bond motifs is 2. The number of hydrogen-bond acceptors (Lipinski definition) is 8. The van der Waals surface area contributed by atoms with Crippen LogP contribution in [0.15, 0.2) is 30.5 Å². The van der Waals surface area contributed by atoms with Gasteiger partial charge in [0.2, 0.25) is 5.88 Å². The largest absolute Gasteiger partial charge is 0.497 e. The summed E-state index contributed by atoms with van der Waals surface area (Å²) in [4.78, 5) is 14.1. The van der Waals surface area contributed by atoms with Crippen LogP contribution in [0.4, 0.5) is 0 Å². The van der Waals surface area contributed by atoms with Gasteiger partial charge < -0.3 is 19.7 Å². The van der Waals surface area contributed by atoms with E-state index in [0.717, 1.165) is 56.6 Å². The first-order valence-corrected chi connectivity index (χ1v) is 11.4. The van der Waals surface area contributed by atoms with Gasteiger partial charge in [0.15, 0.2) is 0 Å². The first-order chi connectivity index (χ1) is 15.5. The van der Waals surface area contributed by atoms with Crippen LogP contribution in [-0.4, -0.2) is 46.0 Å². The van der Waals surface area contributed by atoms with E-state index >= 15 is 0 Å². The number of rotatable bonds is 6. The lowest BCUT2D eigenvalue weighted by molar-refractivity contribution is -0.0729. The number of benzene rings is 2. The maximum atomic E-state index is 11.3. The Kier molecular flexibility index (Phi) is 5.23. The molecule has 2 heterocycles. The van der Waals surface area contributed by atoms with Gasteiger partial charge in [-0.05, 0) is 49.6 Å². The first kappa shape index (κ1) is 21.1. The van der Waals surface area contributed by atoms with Crippen LogP contribution < -0.4 is 9.47 Å². The molecule has 0 bridgehead atoms. The number of thiazole rings is 1.